The number of rotatable bonds is 2. The van der Waals surface area contributed by atoms with Crippen LogP contribution in [0.4, 0.5) is 0 Å². The molecule has 0 amide bonds. The van der Waals surface area contributed by atoms with E-state index < -0.39 is 0 Å². The Morgan fingerprint density at radius 3 is 1.37 bits per heavy atom. The Hall–Kier alpha value is -1.30. The summed E-state index contributed by atoms with van der Waals surface area (Å²) in [6.07, 6.45) is 0. The second kappa shape index (κ2) is 5.36. The Labute approximate surface area is 121 Å². The second-order valence-corrected chi connectivity index (χ2v) is 7.25. The molecule has 0 saturated carbocycles. The van der Waals surface area contributed by atoms with E-state index in [-0.39, 0.29) is 0 Å². The second-order valence-electron chi connectivity index (χ2n) is 5.18. The van der Waals surface area contributed by atoms with Crippen LogP contribution in [0.1, 0.15) is 22.3 Å². The molecule has 3 rings (SSSR count). The summed E-state index contributed by atoms with van der Waals surface area (Å²) in [5, 5.41) is 2.55. The topological polar surface area (TPSA) is 0 Å². The van der Waals surface area contributed by atoms with E-state index >= 15 is 0 Å². The van der Waals surface area contributed by atoms with Crippen LogP contribution in [0.2, 0.25) is 10.6 Å². The van der Waals surface area contributed by atoms with Crippen LogP contribution in [-0.4, -0.2) is 15.0 Å². The number of hydrogen-bond donors (Lipinski definition) is 0. The van der Waals surface area contributed by atoms with Gasteiger partial charge < -0.3 is 0 Å². The van der Waals surface area contributed by atoms with E-state index in [2.05, 4.69) is 62.4 Å². The fourth-order valence-electron chi connectivity index (χ4n) is 2.45. The zero-order chi connectivity index (χ0) is 13.2. The molecule has 0 aromatic heterocycles. The van der Waals surface area contributed by atoms with Gasteiger partial charge in [-0.05, 0) is 0 Å². The van der Waals surface area contributed by atoms with Crippen molar-refractivity contribution >= 4 is 26.1 Å². The van der Waals surface area contributed by atoms with Gasteiger partial charge in [0.25, 0.3) is 0 Å². The van der Waals surface area contributed by atoms with Gasteiger partial charge in [0.1, 0.15) is 0 Å². The fourth-order valence-corrected chi connectivity index (χ4v) is 4.96. The molecule has 0 radical (unpaired) electrons. The maximum absolute atomic E-state index is 2.28. The molecule has 0 aliphatic carbocycles. The minimum absolute atomic E-state index is 0.737. The molecule has 0 unspecified atom stereocenters. The first-order valence-corrected chi connectivity index (χ1v) is 9.10. The molecule has 2 aromatic rings. The Morgan fingerprint density at radius 1 is 0.632 bits per heavy atom. The van der Waals surface area contributed by atoms with Gasteiger partial charge in [0, 0.05) is 0 Å². The summed E-state index contributed by atoms with van der Waals surface area (Å²) < 4.78 is 0. The summed E-state index contributed by atoms with van der Waals surface area (Å²) in [7, 11) is 0. The SMILES string of the molecule is Cc1ccc(C2=C(c3ccc(C)cc3)C[Se]C2)cc1. The van der Waals surface area contributed by atoms with Crippen molar-refractivity contribution in [3.63, 3.8) is 0 Å². The maximum atomic E-state index is 2.28. The quantitative estimate of drug-likeness (QED) is 0.701. The van der Waals surface area contributed by atoms with Gasteiger partial charge in [0.05, 0.1) is 0 Å². The first-order valence-electron chi connectivity index (χ1n) is 6.68. The van der Waals surface area contributed by atoms with Crippen molar-refractivity contribution in [3.05, 3.63) is 70.8 Å². The first kappa shape index (κ1) is 12.7. The van der Waals surface area contributed by atoms with Crippen molar-refractivity contribution in [2.45, 2.75) is 24.5 Å². The molecule has 1 heterocycles. The van der Waals surface area contributed by atoms with Crippen LogP contribution in [0.3, 0.4) is 0 Å². The van der Waals surface area contributed by atoms with Gasteiger partial charge in [0.15, 0.2) is 0 Å². The average Bonchev–Trinajstić information content (AvgIpc) is 2.90. The predicted molar refractivity (Wildman–Crippen MR) is 84.5 cm³/mol. The molecule has 1 heteroatoms. The van der Waals surface area contributed by atoms with Crippen molar-refractivity contribution in [3.8, 4) is 0 Å². The molecule has 2 aromatic carbocycles. The van der Waals surface area contributed by atoms with E-state index in [1.54, 1.807) is 11.1 Å². The molecule has 0 saturated heterocycles. The molecule has 96 valence electrons. The van der Waals surface area contributed by atoms with Crippen molar-refractivity contribution < 1.29 is 0 Å². The third kappa shape index (κ3) is 2.68. The van der Waals surface area contributed by atoms with Crippen LogP contribution in [0.25, 0.3) is 11.1 Å². The molecular formula is C18H18Se. The minimum atomic E-state index is 0.737. The molecule has 1 aliphatic rings. The number of benzene rings is 2. The van der Waals surface area contributed by atoms with Crippen LogP contribution >= 0.6 is 0 Å². The van der Waals surface area contributed by atoms with E-state index in [0.29, 0.717) is 0 Å². The van der Waals surface area contributed by atoms with Crippen molar-refractivity contribution in [1.29, 1.82) is 0 Å². The summed E-state index contributed by atoms with van der Waals surface area (Å²) in [4.78, 5) is 0. The molecule has 0 bridgehead atoms. The molecule has 0 spiro atoms. The standard InChI is InChI=1S/C18H18Se/c1-13-3-7-15(8-4-13)17-11-19-12-18(17)16-9-5-14(2)6-10-16/h3-10H,11-12H2,1-2H3. The molecule has 0 N–H and O–H groups in total. The molecule has 0 fully saturated rings. The van der Waals surface area contributed by atoms with Crippen molar-refractivity contribution in [2.75, 3.05) is 0 Å². The van der Waals surface area contributed by atoms with Crippen LogP contribution in [0, 0.1) is 13.8 Å². The van der Waals surface area contributed by atoms with Crippen LogP contribution in [0.5, 0.6) is 0 Å². The van der Waals surface area contributed by atoms with Gasteiger partial charge in [-0.1, -0.05) is 0 Å². The van der Waals surface area contributed by atoms with Gasteiger partial charge in [-0.2, -0.15) is 0 Å². The zero-order valence-corrected chi connectivity index (χ0v) is 13.2. The average molecular weight is 313 g/mol. The summed E-state index contributed by atoms with van der Waals surface area (Å²) in [6, 6.07) is 18.0. The van der Waals surface area contributed by atoms with Crippen LogP contribution in [-0.2, 0) is 0 Å². The number of allylic oxidation sites excluding steroid dienone is 2. The summed E-state index contributed by atoms with van der Waals surface area (Å²) in [5.74, 6) is 0. The van der Waals surface area contributed by atoms with E-state index in [1.807, 2.05) is 0 Å². The monoisotopic (exact) mass is 314 g/mol. The molecule has 19 heavy (non-hydrogen) atoms. The van der Waals surface area contributed by atoms with Gasteiger partial charge in [-0.15, -0.1) is 0 Å². The first-order chi connectivity index (χ1) is 9.24. The van der Waals surface area contributed by atoms with Gasteiger partial charge in [-0.3, -0.25) is 0 Å². The normalized spacial score (nSPS) is 15.1. The predicted octanol–water partition coefficient (Wildman–Crippen LogP) is 4.77. The van der Waals surface area contributed by atoms with Gasteiger partial charge >= 0.3 is 121 Å². The fraction of sp³-hybridized carbons (Fsp3) is 0.222. The Morgan fingerprint density at radius 2 is 1.00 bits per heavy atom. The van der Waals surface area contributed by atoms with Gasteiger partial charge in [-0.25, -0.2) is 0 Å². The van der Waals surface area contributed by atoms with E-state index in [9.17, 15) is 0 Å². The summed E-state index contributed by atoms with van der Waals surface area (Å²) >= 11 is 0.737. The Kier molecular flexibility index (Phi) is 3.59. The summed E-state index contributed by atoms with van der Waals surface area (Å²) in [6.45, 7) is 4.30. The Balaban J connectivity index is 2.04. The van der Waals surface area contributed by atoms with E-state index in [1.165, 1.54) is 32.9 Å². The van der Waals surface area contributed by atoms with Crippen molar-refractivity contribution in [2.24, 2.45) is 0 Å². The molecule has 0 atom stereocenters. The molecule has 0 nitrogen and oxygen atoms in total. The third-order valence-electron chi connectivity index (χ3n) is 3.66. The van der Waals surface area contributed by atoms with E-state index in [0.717, 1.165) is 15.0 Å². The number of aryl methyl sites for hydroxylation is 2. The zero-order valence-electron chi connectivity index (χ0n) is 11.4. The van der Waals surface area contributed by atoms with Crippen LogP contribution in [0.15, 0.2) is 48.5 Å². The Bertz CT molecular complexity index is 548. The van der Waals surface area contributed by atoms with Crippen molar-refractivity contribution in [1.82, 2.24) is 0 Å². The number of hydrogen-bond acceptors (Lipinski definition) is 0. The van der Waals surface area contributed by atoms with E-state index in [4.69, 9.17) is 0 Å². The molecular weight excluding hydrogens is 295 g/mol. The summed E-state index contributed by atoms with van der Waals surface area (Å²) in [5.41, 5.74) is 8.66. The van der Waals surface area contributed by atoms with Gasteiger partial charge in [0.2, 0.25) is 0 Å². The molecule has 1 aliphatic heterocycles. The third-order valence-corrected chi connectivity index (χ3v) is 5.72. The van der Waals surface area contributed by atoms with Crippen LogP contribution < -0.4 is 0 Å².